The summed E-state index contributed by atoms with van der Waals surface area (Å²) in [6.07, 6.45) is 0. The van der Waals surface area contributed by atoms with Crippen molar-refractivity contribution in [3.05, 3.63) is 23.5 Å². The molecule has 1 heterocycles. The van der Waals surface area contributed by atoms with Crippen molar-refractivity contribution in [3.63, 3.8) is 0 Å². The SMILES string of the molecule is C=C(C)c1c(C)nn(C)c1C. The molecule has 0 aliphatic rings. The van der Waals surface area contributed by atoms with E-state index in [2.05, 4.69) is 18.6 Å². The average molecular weight is 150 g/mol. The van der Waals surface area contributed by atoms with Gasteiger partial charge in [0.05, 0.1) is 5.69 Å². The number of nitrogens with zero attached hydrogens (tertiary/aromatic N) is 2. The zero-order valence-corrected chi connectivity index (χ0v) is 7.60. The molecular formula is C9H14N2. The first kappa shape index (κ1) is 8.05. The zero-order valence-electron chi connectivity index (χ0n) is 7.60. The third-order valence-electron chi connectivity index (χ3n) is 1.94. The van der Waals surface area contributed by atoms with Gasteiger partial charge in [0, 0.05) is 18.3 Å². The molecule has 0 unspecified atom stereocenters. The molecule has 2 nitrogen and oxygen atoms in total. The summed E-state index contributed by atoms with van der Waals surface area (Å²) < 4.78 is 1.89. The second-order valence-electron chi connectivity index (χ2n) is 2.95. The van der Waals surface area contributed by atoms with E-state index in [1.54, 1.807) is 0 Å². The third-order valence-corrected chi connectivity index (χ3v) is 1.94. The monoisotopic (exact) mass is 150 g/mol. The number of aromatic nitrogens is 2. The predicted molar refractivity (Wildman–Crippen MR) is 47.4 cm³/mol. The minimum absolute atomic E-state index is 1.07. The van der Waals surface area contributed by atoms with Crippen molar-refractivity contribution >= 4 is 5.57 Å². The molecule has 0 N–H and O–H groups in total. The highest BCUT2D eigenvalue weighted by Gasteiger charge is 2.08. The van der Waals surface area contributed by atoms with Gasteiger partial charge >= 0.3 is 0 Å². The molecule has 1 aromatic heterocycles. The molecule has 0 saturated heterocycles. The van der Waals surface area contributed by atoms with E-state index in [0.717, 1.165) is 11.3 Å². The normalized spacial score (nSPS) is 10.2. The maximum Gasteiger partial charge on any atom is 0.0671 e. The van der Waals surface area contributed by atoms with Gasteiger partial charge in [0.25, 0.3) is 0 Å². The van der Waals surface area contributed by atoms with Crippen LogP contribution < -0.4 is 0 Å². The molecule has 0 saturated carbocycles. The fourth-order valence-electron chi connectivity index (χ4n) is 1.39. The highest BCUT2D eigenvalue weighted by molar-refractivity contribution is 5.65. The third kappa shape index (κ3) is 1.20. The van der Waals surface area contributed by atoms with Crippen molar-refractivity contribution in [1.29, 1.82) is 0 Å². The van der Waals surface area contributed by atoms with Gasteiger partial charge in [-0.2, -0.15) is 5.10 Å². The maximum absolute atomic E-state index is 4.29. The lowest BCUT2D eigenvalue weighted by Gasteiger charge is -1.98. The molecule has 0 radical (unpaired) electrons. The van der Waals surface area contributed by atoms with E-state index in [1.165, 1.54) is 11.3 Å². The molecule has 0 aromatic carbocycles. The number of hydrogen-bond donors (Lipinski definition) is 0. The van der Waals surface area contributed by atoms with Gasteiger partial charge in [0.1, 0.15) is 0 Å². The minimum atomic E-state index is 1.07. The van der Waals surface area contributed by atoms with E-state index in [0.29, 0.717) is 0 Å². The molecule has 1 rings (SSSR count). The van der Waals surface area contributed by atoms with Gasteiger partial charge in [0.2, 0.25) is 0 Å². The molecule has 0 atom stereocenters. The lowest BCUT2D eigenvalue weighted by atomic mass is 10.1. The largest absolute Gasteiger partial charge is 0.272 e. The quantitative estimate of drug-likeness (QED) is 0.599. The van der Waals surface area contributed by atoms with Crippen molar-refractivity contribution in [2.75, 3.05) is 0 Å². The highest BCUT2D eigenvalue weighted by atomic mass is 15.3. The summed E-state index contributed by atoms with van der Waals surface area (Å²) in [6.45, 7) is 9.99. The molecule has 0 aliphatic heterocycles. The summed E-state index contributed by atoms with van der Waals surface area (Å²) in [5.74, 6) is 0. The standard InChI is InChI=1S/C9H14N2/c1-6(2)9-7(3)10-11(5)8(9)4/h1H2,2-5H3. The van der Waals surface area contributed by atoms with E-state index in [1.807, 2.05) is 25.6 Å². The van der Waals surface area contributed by atoms with Crippen LogP contribution in [-0.2, 0) is 7.05 Å². The zero-order chi connectivity index (χ0) is 8.59. The van der Waals surface area contributed by atoms with Crippen LogP contribution in [0.3, 0.4) is 0 Å². The predicted octanol–water partition coefficient (Wildman–Crippen LogP) is 2.07. The Labute approximate surface area is 67.5 Å². The van der Waals surface area contributed by atoms with Crippen LogP contribution in [0.25, 0.3) is 5.57 Å². The molecule has 0 amide bonds. The molecule has 0 spiro atoms. The van der Waals surface area contributed by atoms with Gasteiger partial charge in [-0.1, -0.05) is 6.58 Å². The van der Waals surface area contributed by atoms with Crippen LogP contribution in [-0.4, -0.2) is 9.78 Å². The Morgan fingerprint density at radius 3 is 2.18 bits per heavy atom. The summed E-state index contributed by atoms with van der Waals surface area (Å²) >= 11 is 0. The van der Waals surface area contributed by atoms with Gasteiger partial charge < -0.3 is 0 Å². The van der Waals surface area contributed by atoms with Crippen molar-refractivity contribution in [3.8, 4) is 0 Å². The maximum atomic E-state index is 4.29. The summed E-state index contributed by atoms with van der Waals surface area (Å²) in [6, 6.07) is 0. The van der Waals surface area contributed by atoms with Crippen LogP contribution in [0.5, 0.6) is 0 Å². The lowest BCUT2D eigenvalue weighted by molar-refractivity contribution is 0.731. The van der Waals surface area contributed by atoms with Crippen LogP contribution in [0.2, 0.25) is 0 Å². The van der Waals surface area contributed by atoms with Crippen LogP contribution in [0, 0.1) is 13.8 Å². The smallest absolute Gasteiger partial charge is 0.0671 e. The number of aryl methyl sites for hydroxylation is 2. The minimum Gasteiger partial charge on any atom is -0.272 e. The summed E-state index contributed by atoms with van der Waals surface area (Å²) in [5, 5.41) is 4.29. The molecule has 0 bridgehead atoms. The Hall–Kier alpha value is -1.05. The summed E-state index contributed by atoms with van der Waals surface area (Å²) in [5.41, 5.74) is 4.55. The van der Waals surface area contributed by atoms with Crippen molar-refractivity contribution < 1.29 is 0 Å². The molecule has 1 aromatic rings. The second-order valence-corrected chi connectivity index (χ2v) is 2.95. The van der Waals surface area contributed by atoms with E-state index in [4.69, 9.17) is 0 Å². The molecule has 0 fully saturated rings. The van der Waals surface area contributed by atoms with Gasteiger partial charge in [-0.25, -0.2) is 0 Å². The number of rotatable bonds is 1. The Bertz CT molecular complexity index is 295. The van der Waals surface area contributed by atoms with Crippen molar-refractivity contribution in [2.24, 2.45) is 7.05 Å². The van der Waals surface area contributed by atoms with E-state index in [-0.39, 0.29) is 0 Å². The van der Waals surface area contributed by atoms with Gasteiger partial charge in [-0.15, -0.1) is 0 Å². The first-order valence-electron chi connectivity index (χ1n) is 3.70. The summed E-state index contributed by atoms with van der Waals surface area (Å²) in [7, 11) is 1.95. The van der Waals surface area contributed by atoms with Crippen LogP contribution in [0.1, 0.15) is 23.9 Å². The molecular weight excluding hydrogens is 136 g/mol. The lowest BCUT2D eigenvalue weighted by Crippen LogP contribution is -1.92. The van der Waals surface area contributed by atoms with Gasteiger partial charge in [0.15, 0.2) is 0 Å². The topological polar surface area (TPSA) is 17.8 Å². The molecule has 2 heteroatoms. The second kappa shape index (κ2) is 2.53. The fourth-order valence-corrected chi connectivity index (χ4v) is 1.39. The van der Waals surface area contributed by atoms with Crippen LogP contribution in [0.15, 0.2) is 6.58 Å². The fraction of sp³-hybridized carbons (Fsp3) is 0.444. The van der Waals surface area contributed by atoms with E-state index in [9.17, 15) is 0 Å². The van der Waals surface area contributed by atoms with E-state index < -0.39 is 0 Å². The van der Waals surface area contributed by atoms with Crippen molar-refractivity contribution in [1.82, 2.24) is 9.78 Å². The Morgan fingerprint density at radius 2 is 2.00 bits per heavy atom. The highest BCUT2D eigenvalue weighted by Crippen LogP contribution is 2.19. The van der Waals surface area contributed by atoms with E-state index >= 15 is 0 Å². The van der Waals surface area contributed by atoms with Crippen molar-refractivity contribution in [2.45, 2.75) is 20.8 Å². The van der Waals surface area contributed by atoms with Crippen LogP contribution in [0.4, 0.5) is 0 Å². The molecule has 11 heavy (non-hydrogen) atoms. The Balaban J connectivity index is 3.34. The first-order chi connectivity index (χ1) is 5.04. The summed E-state index contributed by atoms with van der Waals surface area (Å²) in [4.78, 5) is 0. The first-order valence-corrected chi connectivity index (χ1v) is 3.70. The van der Waals surface area contributed by atoms with Crippen LogP contribution >= 0.6 is 0 Å². The molecule has 60 valence electrons. The number of allylic oxidation sites excluding steroid dienone is 1. The average Bonchev–Trinajstić information content (AvgIpc) is 2.07. The van der Waals surface area contributed by atoms with Gasteiger partial charge in [-0.05, 0) is 26.3 Å². The number of hydrogen-bond acceptors (Lipinski definition) is 1. The van der Waals surface area contributed by atoms with Gasteiger partial charge in [-0.3, -0.25) is 4.68 Å². The molecule has 0 aliphatic carbocycles. The Morgan fingerprint density at radius 1 is 1.45 bits per heavy atom. The Kier molecular flexibility index (Phi) is 1.85.